The first-order valence-electron chi connectivity index (χ1n) is 33.6. The van der Waals surface area contributed by atoms with E-state index in [4.69, 9.17) is 0 Å². The Balaban J connectivity index is 0.628. The molecule has 0 unspecified atom stereocenters. The highest BCUT2D eigenvalue weighted by Gasteiger charge is 2.53. The van der Waals surface area contributed by atoms with E-state index in [1.54, 1.807) is 29.4 Å². The molecule has 12 aliphatic rings. The molecule has 0 aromatic carbocycles. The monoisotopic (exact) mass is 1240 g/mol. The van der Waals surface area contributed by atoms with Gasteiger partial charge in [0.15, 0.2) is 0 Å². The maximum Gasteiger partial charge on any atom is 0.326 e. The quantitative estimate of drug-likeness (QED) is 0.185. The number of rotatable bonds is 14. The van der Waals surface area contributed by atoms with Crippen LogP contribution in [0.25, 0.3) is 0 Å². The topological polar surface area (TPSA) is 302 Å². The van der Waals surface area contributed by atoms with Crippen molar-refractivity contribution in [3.05, 3.63) is 0 Å². The van der Waals surface area contributed by atoms with Gasteiger partial charge in [-0.3, -0.25) is 57.5 Å². The number of amides is 12. The summed E-state index contributed by atoms with van der Waals surface area (Å²) in [5, 5.41) is 15.8. The van der Waals surface area contributed by atoms with Crippen molar-refractivity contribution in [3.8, 4) is 0 Å². The van der Waals surface area contributed by atoms with Gasteiger partial charge in [0.05, 0.1) is 12.6 Å². The number of carbonyl (C=O) groups is 13. The Bertz CT molecular complexity index is 2850. The Morgan fingerprint density at radius 1 is 0.281 bits per heavy atom. The number of carboxylic acids is 1. The Morgan fingerprint density at radius 3 is 0.775 bits per heavy atom. The molecule has 0 aromatic heterocycles. The van der Waals surface area contributed by atoms with Crippen molar-refractivity contribution in [1.29, 1.82) is 0 Å². The molecule has 12 amide bonds. The summed E-state index contributed by atoms with van der Waals surface area (Å²) in [5.74, 6) is -5.20. The Kier molecular flexibility index (Phi) is 18.5. The molecule has 0 spiro atoms. The molecular formula is C62H89N13O14. The van der Waals surface area contributed by atoms with Crippen molar-refractivity contribution in [2.75, 3.05) is 85.1 Å². The molecular weight excluding hydrogens is 1150 g/mol. The Labute approximate surface area is 518 Å². The fraction of sp³-hybridized carbons (Fsp3) is 0.790. The van der Waals surface area contributed by atoms with E-state index in [1.165, 1.54) is 24.5 Å². The normalized spacial score (nSPS) is 32.2. The summed E-state index contributed by atoms with van der Waals surface area (Å²) in [6.07, 6.45) is 12.2. The largest absolute Gasteiger partial charge is 0.480 e. The second-order valence-electron chi connectivity index (χ2n) is 26.8. The number of aliphatic carboxylic acids is 1. The van der Waals surface area contributed by atoms with Gasteiger partial charge in [-0.25, -0.2) is 4.79 Å². The highest BCUT2D eigenvalue weighted by Crippen LogP contribution is 2.36. The third kappa shape index (κ3) is 11.8. The SMILES string of the molecule is O=C(O)[C@@H]1CCCN1C(=O)[C@@H]1CCCN1C(=O)[C@@H]1CCCN1C(=O)[C@@H]1CCCN1C(=O)[C@@H]1CCCN1C(=O)[C@@H]1CCCN1C(=O)CNC(=O)[C@@H]1CCCN1C(=O)[C@@H]1CCCN1C(=O)[C@@H]1CCCN1C(=O)[C@@H]1CCCN1C(=O)[C@@H]1CCCN1C(=O)[C@@H]1CCCN1. The minimum absolute atomic E-state index is 0.0664. The lowest BCUT2D eigenvalue weighted by atomic mass is 10.1. The summed E-state index contributed by atoms with van der Waals surface area (Å²) in [6.45, 7) is 3.87. The zero-order chi connectivity index (χ0) is 62.4. The fourth-order valence-electron chi connectivity index (χ4n) is 17.4. The summed E-state index contributed by atoms with van der Waals surface area (Å²) in [4.78, 5) is 200. The lowest BCUT2D eigenvalue weighted by Gasteiger charge is -2.36. The molecule has 89 heavy (non-hydrogen) atoms. The molecule has 3 N–H and O–H groups in total. The molecule has 0 aromatic rings. The molecule has 0 saturated carbocycles. The molecule has 0 aliphatic carbocycles. The van der Waals surface area contributed by atoms with Gasteiger partial charge in [-0.1, -0.05) is 0 Å². The zero-order valence-electron chi connectivity index (χ0n) is 51.3. The van der Waals surface area contributed by atoms with E-state index in [0.29, 0.717) is 187 Å². The van der Waals surface area contributed by atoms with E-state index in [2.05, 4.69) is 10.6 Å². The first-order valence-corrected chi connectivity index (χ1v) is 33.6. The van der Waals surface area contributed by atoms with Gasteiger partial charge < -0.3 is 69.6 Å². The van der Waals surface area contributed by atoms with E-state index >= 15 is 0 Å². The van der Waals surface area contributed by atoms with Crippen molar-refractivity contribution >= 4 is 76.9 Å². The van der Waals surface area contributed by atoms with Gasteiger partial charge >= 0.3 is 5.97 Å². The van der Waals surface area contributed by atoms with Crippen LogP contribution in [0, 0.1) is 0 Å². The number of nitrogens with one attached hydrogen (secondary N) is 2. The van der Waals surface area contributed by atoms with E-state index < -0.39 is 90.8 Å². The average Bonchev–Trinajstić information content (AvgIpc) is 2.07. The van der Waals surface area contributed by atoms with Crippen molar-refractivity contribution in [1.82, 2.24) is 64.5 Å². The van der Waals surface area contributed by atoms with Gasteiger partial charge in [0, 0.05) is 72.0 Å². The van der Waals surface area contributed by atoms with E-state index in [0.717, 1.165) is 19.4 Å². The summed E-state index contributed by atoms with van der Waals surface area (Å²) in [5.41, 5.74) is 0. The minimum atomic E-state index is -1.07. The predicted octanol–water partition coefficient (Wildman–Crippen LogP) is -1.16. The van der Waals surface area contributed by atoms with Crippen molar-refractivity contribution < 1.29 is 67.4 Å². The molecule has 12 heterocycles. The molecule has 12 saturated heterocycles. The van der Waals surface area contributed by atoms with E-state index in [-0.39, 0.29) is 91.3 Å². The fourth-order valence-corrected chi connectivity index (χ4v) is 17.4. The molecule has 27 nitrogen and oxygen atoms in total. The molecule has 12 atom stereocenters. The van der Waals surface area contributed by atoms with Crippen LogP contribution in [0.3, 0.4) is 0 Å². The number of hydrogen-bond donors (Lipinski definition) is 3. The molecule has 12 rings (SSSR count). The molecule has 27 heteroatoms. The lowest BCUT2D eigenvalue weighted by molar-refractivity contribution is -0.155. The molecule has 12 fully saturated rings. The third-order valence-corrected chi connectivity index (χ3v) is 21.9. The van der Waals surface area contributed by atoms with Crippen molar-refractivity contribution in [2.24, 2.45) is 0 Å². The van der Waals surface area contributed by atoms with Crippen LogP contribution in [0.15, 0.2) is 0 Å². The lowest BCUT2D eigenvalue weighted by Crippen LogP contribution is -2.59. The highest BCUT2D eigenvalue weighted by molar-refractivity contribution is 6.00. The van der Waals surface area contributed by atoms with E-state index in [1.807, 2.05) is 0 Å². The van der Waals surface area contributed by atoms with Crippen LogP contribution in [0.1, 0.15) is 154 Å². The summed E-state index contributed by atoms with van der Waals surface area (Å²) < 4.78 is 0. The van der Waals surface area contributed by atoms with Crippen LogP contribution in [0.2, 0.25) is 0 Å². The Morgan fingerprint density at radius 2 is 0.506 bits per heavy atom. The molecule has 0 bridgehead atoms. The van der Waals surface area contributed by atoms with Gasteiger partial charge in [0.1, 0.15) is 66.5 Å². The number of carboxylic acid groups (broad SMARTS) is 1. The number of hydrogen-bond acceptors (Lipinski definition) is 14. The highest BCUT2D eigenvalue weighted by atomic mass is 16.4. The predicted molar refractivity (Wildman–Crippen MR) is 314 cm³/mol. The van der Waals surface area contributed by atoms with E-state index in [9.17, 15) is 67.4 Å². The maximum atomic E-state index is 14.6. The van der Waals surface area contributed by atoms with Crippen LogP contribution >= 0.6 is 0 Å². The van der Waals surface area contributed by atoms with Crippen LogP contribution < -0.4 is 10.6 Å². The van der Waals surface area contributed by atoms with Gasteiger partial charge in [-0.15, -0.1) is 0 Å². The summed E-state index contributed by atoms with van der Waals surface area (Å²) >= 11 is 0. The second kappa shape index (κ2) is 26.5. The molecule has 486 valence electrons. The maximum absolute atomic E-state index is 14.6. The standard InChI is InChI=1S/C62H89N13O14/c76-50(65-26-3-15-40(65)53(79)68-29-6-18-43(68)56(82)71-32-9-21-46(71)59(85)73-34-10-22-47(73)60(86)74-35-11-23-48(74)61(87)75-36-12-24-49(75)62(88)89)37-64-51(77)39-14-2-27-66(39)54(80)42-17-5-30-69(42)57(83)45-20-8-33-72(45)58(84)44-19-7-31-70(44)55(81)41-16-4-28-67(41)52(78)38-13-1-25-63-38/h38-49,63H,1-37H2,(H,64,77)(H,88,89)/t38-,39-,40-,41-,42-,43-,44-,45-,46-,47-,48-,49-/m0/s1. The van der Waals surface area contributed by atoms with Crippen LogP contribution in [-0.4, -0.2) is 293 Å². The third-order valence-electron chi connectivity index (χ3n) is 21.9. The van der Waals surface area contributed by atoms with Crippen LogP contribution in [0.5, 0.6) is 0 Å². The van der Waals surface area contributed by atoms with Gasteiger partial charge in [0.2, 0.25) is 70.9 Å². The van der Waals surface area contributed by atoms with Gasteiger partial charge in [-0.2, -0.15) is 0 Å². The smallest absolute Gasteiger partial charge is 0.326 e. The van der Waals surface area contributed by atoms with Gasteiger partial charge in [0.25, 0.3) is 0 Å². The van der Waals surface area contributed by atoms with Crippen molar-refractivity contribution in [3.63, 3.8) is 0 Å². The number of likely N-dealkylation sites (tertiary alicyclic amines) is 11. The van der Waals surface area contributed by atoms with Gasteiger partial charge in [-0.05, 0) is 161 Å². The first-order chi connectivity index (χ1) is 43.0. The average molecular weight is 1240 g/mol. The van der Waals surface area contributed by atoms with Crippen LogP contribution in [-0.2, 0) is 62.3 Å². The minimum Gasteiger partial charge on any atom is -0.480 e. The first kappa shape index (κ1) is 62.3. The number of carbonyl (C=O) groups excluding carboxylic acids is 12. The van der Waals surface area contributed by atoms with Crippen molar-refractivity contribution in [2.45, 2.75) is 227 Å². The molecule has 12 aliphatic heterocycles. The second-order valence-corrected chi connectivity index (χ2v) is 26.8. The number of nitrogens with zero attached hydrogens (tertiary/aromatic N) is 11. The summed E-state index contributed by atoms with van der Waals surface area (Å²) in [6, 6.07) is -9.44. The Hall–Kier alpha value is -6.93. The molecule has 0 radical (unpaired) electrons. The zero-order valence-corrected chi connectivity index (χ0v) is 51.3. The summed E-state index contributed by atoms with van der Waals surface area (Å²) in [7, 11) is 0. The van der Waals surface area contributed by atoms with Crippen LogP contribution in [0.4, 0.5) is 0 Å².